The summed E-state index contributed by atoms with van der Waals surface area (Å²) in [4.78, 5) is 21.2. The van der Waals surface area contributed by atoms with Crippen molar-refractivity contribution in [3.05, 3.63) is 82.7 Å². The van der Waals surface area contributed by atoms with Gasteiger partial charge in [0.2, 0.25) is 0 Å². The molecule has 0 amide bonds. The van der Waals surface area contributed by atoms with Crippen LogP contribution >= 0.6 is 0 Å². The van der Waals surface area contributed by atoms with Crippen LogP contribution in [0.15, 0.2) is 71.5 Å². The first-order valence-corrected chi connectivity index (χ1v) is 8.58. The molecule has 0 atom stereocenters. The van der Waals surface area contributed by atoms with Gasteiger partial charge in [-0.15, -0.1) is 0 Å². The number of nitrogens with one attached hydrogen (secondary N) is 2. The van der Waals surface area contributed by atoms with Gasteiger partial charge in [0.05, 0.1) is 25.7 Å². The third-order valence-corrected chi connectivity index (χ3v) is 3.94. The molecule has 2 aromatic heterocycles. The number of ether oxygens (including phenoxy) is 1. The fourth-order valence-electron chi connectivity index (χ4n) is 2.49. The minimum atomic E-state index is -0.247. The molecule has 0 aliphatic heterocycles. The van der Waals surface area contributed by atoms with Crippen molar-refractivity contribution in [1.29, 1.82) is 0 Å². The zero-order chi connectivity index (χ0) is 19.9. The summed E-state index contributed by atoms with van der Waals surface area (Å²) >= 11 is 0. The van der Waals surface area contributed by atoms with Crippen LogP contribution in [-0.4, -0.2) is 26.7 Å². The third kappa shape index (κ3) is 4.53. The van der Waals surface area contributed by atoms with Gasteiger partial charge >= 0.3 is 0 Å². The monoisotopic (exact) mass is 381 g/mol. The van der Waals surface area contributed by atoms with Gasteiger partial charge in [-0.3, -0.25) is 9.89 Å². The van der Waals surface area contributed by atoms with E-state index in [2.05, 4.69) is 20.4 Å². The van der Waals surface area contributed by atoms with E-state index in [4.69, 9.17) is 4.74 Å². The van der Waals surface area contributed by atoms with E-state index >= 15 is 0 Å². The summed E-state index contributed by atoms with van der Waals surface area (Å²) in [5, 5.41) is 6.11. The number of hydrogen-bond donors (Lipinski definition) is 2. The van der Waals surface area contributed by atoms with Gasteiger partial charge in [-0.05, 0) is 43.3 Å². The van der Waals surface area contributed by atoms with Gasteiger partial charge in [0, 0.05) is 17.3 Å². The molecule has 3 aromatic rings. The molecule has 0 spiro atoms. The summed E-state index contributed by atoms with van der Waals surface area (Å²) in [6, 6.07) is 8.79. The van der Waals surface area contributed by atoms with Crippen molar-refractivity contribution in [2.45, 2.75) is 13.5 Å². The molecule has 28 heavy (non-hydrogen) atoms. The lowest BCUT2D eigenvalue weighted by atomic mass is 10.2. The van der Waals surface area contributed by atoms with Gasteiger partial charge in [-0.25, -0.2) is 9.37 Å². The lowest BCUT2D eigenvalue weighted by Gasteiger charge is -2.05. The quantitative estimate of drug-likeness (QED) is 0.615. The molecule has 8 heteroatoms. The van der Waals surface area contributed by atoms with E-state index in [0.717, 1.165) is 17.0 Å². The van der Waals surface area contributed by atoms with Crippen LogP contribution in [-0.2, 0) is 6.54 Å². The zero-order valence-electron chi connectivity index (χ0n) is 15.5. The Bertz CT molecular complexity index is 1090. The Balaban J connectivity index is 1.79. The first-order valence-electron chi connectivity index (χ1n) is 8.58. The minimum absolute atomic E-state index is 0.247. The number of nitrogens with zero attached hydrogens (tertiary/aromatic N) is 3. The number of benzene rings is 1. The Hall–Kier alpha value is -3.68. The second-order valence-electron chi connectivity index (χ2n) is 5.93. The Morgan fingerprint density at radius 1 is 1.25 bits per heavy atom. The molecular formula is C20H20FN5O2. The molecule has 144 valence electrons. The molecule has 0 aliphatic rings. The highest BCUT2D eigenvalue weighted by Crippen LogP contribution is 2.19. The average Bonchev–Trinajstić information content (AvgIpc) is 3.14. The molecule has 2 heterocycles. The topological polar surface area (TPSA) is 84.3 Å². The van der Waals surface area contributed by atoms with Gasteiger partial charge in [0.25, 0.3) is 11.3 Å². The molecule has 1 aromatic carbocycles. The number of fused-ring (bicyclic) bond motifs is 1. The van der Waals surface area contributed by atoms with Crippen LogP contribution in [0, 0.1) is 0 Å². The number of H-pyrrole nitrogens is 1. The molecule has 0 saturated carbocycles. The zero-order valence-corrected chi connectivity index (χ0v) is 15.5. The van der Waals surface area contributed by atoms with Crippen molar-refractivity contribution in [2.75, 3.05) is 7.11 Å². The van der Waals surface area contributed by atoms with Gasteiger partial charge in [-0.1, -0.05) is 12.2 Å². The number of aromatic nitrogens is 4. The maximum absolute atomic E-state index is 12.4. The number of methoxy groups -OCH3 is 1. The molecule has 0 fully saturated rings. The Morgan fingerprint density at radius 2 is 2.04 bits per heavy atom. The summed E-state index contributed by atoms with van der Waals surface area (Å²) in [5.74, 6) is 1.58. The van der Waals surface area contributed by atoms with E-state index in [-0.39, 0.29) is 5.56 Å². The fraction of sp³-hybridized carbons (Fsp3) is 0.150. The Kier molecular flexibility index (Phi) is 6.01. The van der Waals surface area contributed by atoms with Crippen LogP contribution in [0.5, 0.6) is 5.75 Å². The van der Waals surface area contributed by atoms with Crippen LogP contribution in [0.4, 0.5) is 4.39 Å². The first-order chi connectivity index (χ1) is 13.6. The molecule has 0 unspecified atom stereocenters. The normalized spacial score (nSPS) is 12.3. The summed E-state index contributed by atoms with van der Waals surface area (Å²) in [7, 11) is 1.60. The highest BCUT2D eigenvalue weighted by molar-refractivity contribution is 5.58. The maximum atomic E-state index is 12.4. The second-order valence-corrected chi connectivity index (χ2v) is 5.93. The van der Waals surface area contributed by atoms with Gasteiger partial charge in [-0.2, -0.15) is 9.50 Å². The highest BCUT2D eigenvalue weighted by Gasteiger charge is 2.09. The molecule has 0 radical (unpaired) electrons. The Labute approximate surface area is 160 Å². The van der Waals surface area contributed by atoms with Crippen LogP contribution in [0.3, 0.4) is 0 Å². The average molecular weight is 381 g/mol. The number of allylic oxidation sites excluding steroid dienone is 5. The molecule has 3 rings (SSSR count). The van der Waals surface area contributed by atoms with Crippen molar-refractivity contribution in [2.24, 2.45) is 0 Å². The molecule has 7 nitrogen and oxygen atoms in total. The lowest BCUT2D eigenvalue weighted by Crippen LogP contribution is -2.19. The SMILES string of the molecule is COc1ccc(-c2nc3nc(CN/C(C)=C/C=C\C=C\F)cc(=O)n3[nH]2)cc1. The predicted molar refractivity (Wildman–Crippen MR) is 106 cm³/mol. The van der Waals surface area contributed by atoms with Crippen LogP contribution < -0.4 is 15.6 Å². The highest BCUT2D eigenvalue weighted by atomic mass is 19.1. The fourth-order valence-corrected chi connectivity index (χ4v) is 2.49. The molecule has 0 bridgehead atoms. The van der Waals surface area contributed by atoms with E-state index in [1.807, 2.05) is 31.2 Å². The standard InChI is InChI=1S/C20H20FN5O2/c1-14(6-4-3-5-11-21)22-13-16-12-18(27)26-20(23-16)24-19(25-26)15-7-9-17(28-2)10-8-15/h3-12,22H,13H2,1-2H3,(H,23,24,25)/b4-3-,11-5+,14-6+. The van der Waals surface area contributed by atoms with Crippen molar-refractivity contribution in [1.82, 2.24) is 24.9 Å². The van der Waals surface area contributed by atoms with E-state index in [1.54, 1.807) is 25.3 Å². The van der Waals surface area contributed by atoms with Crippen LogP contribution in [0.1, 0.15) is 12.6 Å². The maximum Gasteiger partial charge on any atom is 0.274 e. The van der Waals surface area contributed by atoms with Crippen molar-refractivity contribution in [3.8, 4) is 17.1 Å². The van der Waals surface area contributed by atoms with E-state index in [1.165, 1.54) is 16.7 Å². The molecule has 0 saturated heterocycles. The van der Waals surface area contributed by atoms with E-state index in [0.29, 0.717) is 30.2 Å². The number of hydrogen-bond acceptors (Lipinski definition) is 5. The van der Waals surface area contributed by atoms with Crippen molar-refractivity contribution in [3.63, 3.8) is 0 Å². The van der Waals surface area contributed by atoms with E-state index in [9.17, 15) is 9.18 Å². The second kappa shape index (κ2) is 8.81. The van der Waals surface area contributed by atoms with Crippen molar-refractivity contribution < 1.29 is 9.13 Å². The van der Waals surface area contributed by atoms with Gasteiger partial charge in [0.1, 0.15) is 5.75 Å². The number of aromatic amines is 1. The van der Waals surface area contributed by atoms with Gasteiger partial charge < -0.3 is 10.1 Å². The predicted octanol–water partition coefficient (Wildman–Crippen LogP) is 3.13. The molecular weight excluding hydrogens is 361 g/mol. The lowest BCUT2D eigenvalue weighted by molar-refractivity contribution is 0.415. The third-order valence-electron chi connectivity index (χ3n) is 3.94. The number of rotatable bonds is 7. The summed E-state index contributed by atoms with van der Waals surface area (Å²) < 4.78 is 18.3. The minimum Gasteiger partial charge on any atom is -0.497 e. The summed E-state index contributed by atoms with van der Waals surface area (Å²) in [6.07, 6.45) is 6.83. The number of halogens is 1. The first kappa shape index (κ1) is 19.1. The summed E-state index contributed by atoms with van der Waals surface area (Å²) in [5.41, 5.74) is 1.99. The smallest absolute Gasteiger partial charge is 0.274 e. The van der Waals surface area contributed by atoms with Crippen LogP contribution in [0.25, 0.3) is 17.2 Å². The largest absolute Gasteiger partial charge is 0.497 e. The van der Waals surface area contributed by atoms with Crippen LogP contribution in [0.2, 0.25) is 0 Å². The molecule has 0 aliphatic carbocycles. The Morgan fingerprint density at radius 3 is 2.75 bits per heavy atom. The van der Waals surface area contributed by atoms with Crippen molar-refractivity contribution >= 4 is 5.78 Å². The van der Waals surface area contributed by atoms with E-state index < -0.39 is 0 Å². The van der Waals surface area contributed by atoms with Gasteiger partial charge in [0.15, 0.2) is 5.82 Å². The summed E-state index contributed by atoms with van der Waals surface area (Å²) in [6.45, 7) is 2.23. The molecule has 2 N–H and O–H groups in total.